The smallest absolute Gasteiger partial charge is 0.329 e. The van der Waals surface area contributed by atoms with Gasteiger partial charge in [-0.15, -0.1) is 0 Å². The SMILES string of the molecule is O=C1c2ccccc2C(=O)N1OC(=O)C1(c2cccc(Cl)c2F)CC1. The molecule has 0 spiro atoms. The molecule has 1 aliphatic heterocycles. The number of nitrogens with zero attached hydrogens (tertiary/aromatic N) is 1. The van der Waals surface area contributed by atoms with E-state index < -0.39 is 29.0 Å². The molecule has 0 radical (unpaired) electrons. The average molecular weight is 360 g/mol. The fourth-order valence-electron chi connectivity index (χ4n) is 3.00. The molecular formula is C18H11ClFNO4. The van der Waals surface area contributed by atoms with Crippen LogP contribution in [0.5, 0.6) is 0 Å². The first-order chi connectivity index (χ1) is 12.0. The van der Waals surface area contributed by atoms with Crippen LogP contribution in [0.3, 0.4) is 0 Å². The number of fused-ring (bicyclic) bond motifs is 1. The Morgan fingerprint density at radius 2 is 1.64 bits per heavy atom. The number of benzene rings is 2. The fourth-order valence-corrected chi connectivity index (χ4v) is 3.18. The Morgan fingerprint density at radius 3 is 2.20 bits per heavy atom. The first-order valence-corrected chi connectivity index (χ1v) is 7.98. The van der Waals surface area contributed by atoms with Crippen molar-refractivity contribution in [2.75, 3.05) is 0 Å². The lowest BCUT2D eigenvalue weighted by Crippen LogP contribution is -2.37. The normalized spacial score (nSPS) is 17.4. The molecule has 2 amide bonds. The van der Waals surface area contributed by atoms with Gasteiger partial charge < -0.3 is 4.84 Å². The van der Waals surface area contributed by atoms with Gasteiger partial charge in [0.05, 0.1) is 21.6 Å². The molecule has 0 aromatic heterocycles. The molecule has 0 unspecified atom stereocenters. The third-order valence-corrected chi connectivity index (χ3v) is 4.83. The number of hydroxylamine groups is 2. The second kappa shape index (κ2) is 5.39. The van der Waals surface area contributed by atoms with E-state index >= 15 is 0 Å². The molecule has 2 aromatic rings. The van der Waals surface area contributed by atoms with E-state index in [1.807, 2.05) is 0 Å². The van der Waals surface area contributed by atoms with Gasteiger partial charge in [0.2, 0.25) is 0 Å². The Morgan fingerprint density at radius 1 is 1.04 bits per heavy atom. The molecule has 25 heavy (non-hydrogen) atoms. The Labute approximate surface area is 146 Å². The average Bonchev–Trinajstić information content (AvgIpc) is 3.38. The number of carbonyl (C=O) groups is 3. The Balaban J connectivity index is 1.62. The van der Waals surface area contributed by atoms with E-state index in [1.54, 1.807) is 12.1 Å². The second-order valence-electron chi connectivity index (χ2n) is 6.01. The van der Waals surface area contributed by atoms with Crippen molar-refractivity contribution in [2.45, 2.75) is 18.3 Å². The minimum atomic E-state index is -1.22. The number of imide groups is 1. The molecule has 2 aromatic carbocycles. The molecule has 0 N–H and O–H groups in total. The summed E-state index contributed by atoms with van der Waals surface area (Å²) < 4.78 is 14.3. The van der Waals surface area contributed by atoms with Crippen LogP contribution in [0.25, 0.3) is 0 Å². The number of hydrogen-bond donors (Lipinski definition) is 0. The first-order valence-electron chi connectivity index (χ1n) is 7.60. The third-order valence-electron chi connectivity index (χ3n) is 4.54. The molecule has 1 aliphatic carbocycles. The maximum absolute atomic E-state index is 14.3. The molecule has 1 saturated carbocycles. The quantitative estimate of drug-likeness (QED) is 0.789. The van der Waals surface area contributed by atoms with Crippen LogP contribution in [0, 0.1) is 5.82 Å². The summed E-state index contributed by atoms with van der Waals surface area (Å²) in [5.41, 5.74) is -0.774. The van der Waals surface area contributed by atoms with Crippen molar-refractivity contribution >= 4 is 29.4 Å². The molecule has 0 atom stereocenters. The van der Waals surface area contributed by atoms with E-state index in [-0.39, 0.29) is 21.7 Å². The number of amides is 2. The standard InChI is InChI=1S/C18H11ClFNO4/c19-13-7-3-6-12(14(13)20)18(8-9-18)17(24)25-21-15(22)10-4-1-2-5-11(10)16(21)23/h1-7H,8-9H2. The lowest BCUT2D eigenvalue weighted by atomic mass is 9.95. The number of hydrogen-bond acceptors (Lipinski definition) is 4. The summed E-state index contributed by atoms with van der Waals surface area (Å²) in [7, 11) is 0. The summed E-state index contributed by atoms with van der Waals surface area (Å²) in [6.45, 7) is 0. The van der Waals surface area contributed by atoms with Gasteiger partial charge in [-0.1, -0.05) is 40.9 Å². The van der Waals surface area contributed by atoms with Gasteiger partial charge in [-0.05, 0) is 31.0 Å². The van der Waals surface area contributed by atoms with Crippen LogP contribution < -0.4 is 0 Å². The lowest BCUT2D eigenvalue weighted by molar-refractivity contribution is -0.172. The fraction of sp³-hybridized carbons (Fsp3) is 0.167. The molecule has 7 heteroatoms. The van der Waals surface area contributed by atoms with Crippen LogP contribution in [0.2, 0.25) is 5.02 Å². The zero-order valence-corrected chi connectivity index (χ0v) is 13.5. The van der Waals surface area contributed by atoms with Crippen molar-refractivity contribution in [1.82, 2.24) is 5.06 Å². The molecule has 1 fully saturated rings. The second-order valence-corrected chi connectivity index (χ2v) is 6.42. The molecule has 126 valence electrons. The van der Waals surface area contributed by atoms with Crippen LogP contribution in [0.4, 0.5) is 4.39 Å². The highest BCUT2D eigenvalue weighted by Gasteiger charge is 2.56. The zero-order chi connectivity index (χ0) is 17.8. The highest BCUT2D eigenvalue weighted by molar-refractivity contribution is 6.30. The van der Waals surface area contributed by atoms with Gasteiger partial charge in [-0.2, -0.15) is 0 Å². The summed E-state index contributed by atoms with van der Waals surface area (Å²) in [4.78, 5) is 42.3. The molecule has 5 nitrogen and oxygen atoms in total. The van der Waals surface area contributed by atoms with Crippen LogP contribution in [-0.4, -0.2) is 22.8 Å². The van der Waals surface area contributed by atoms with Gasteiger partial charge in [0.1, 0.15) is 5.82 Å². The number of rotatable bonds is 3. The van der Waals surface area contributed by atoms with Gasteiger partial charge >= 0.3 is 5.97 Å². The van der Waals surface area contributed by atoms with Crippen molar-refractivity contribution in [3.63, 3.8) is 0 Å². The van der Waals surface area contributed by atoms with Gasteiger partial charge in [0, 0.05) is 5.56 Å². The van der Waals surface area contributed by atoms with E-state index in [4.69, 9.17) is 16.4 Å². The minimum absolute atomic E-state index is 0.0997. The van der Waals surface area contributed by atoms with E-state index in [2.05, 4.69) is 0 Å². The van der Waals surface area contributed by atoms with Gasteiger partial charge in [0.15, 0.2) is 0 Å². The summed E-state index contributed by atoms with van der Waals surface area (Å²) in [5, 5.41) is 0.340. The van der Waals surface area contributed by atoms with E-state index in [0.29, 0.717) is 17.9 Å². The monoisotopic (exact) mass is 359 g/mol. The summed E-state index contributed by atoms with van der Waals surface area (Å²) in [5.74, 6) is -2.96. The molecule has 1 heterocycles. The third kappa shape index (κ3) is 2.25. The van der Waals surface area contributed by atoms with Gasteiger partial charge in [-0.3, -0.25) is 9.59 Å². The summed E-state index contributed by atoms with van der Waals surface area (Å²) in [6.07, 6.45) is 0.707. The Kier molecular flexibility index (Phi) is 3.40. The van der Waals surface area contributed by atoms with Gasteiger partial charge in [-0.25, -0.2) is 9.18 Å². The van der Waals surface area contributed by atoms with E-state index in [0.717, 1.165) is 0 Å². The molecule has 0 bridgehead atoms. The molecular weight excluding hydrogens is 349 g/mol. The summed E-state index contributed by atoms with van der Waals surface area (Å²) in [6, 6.07) is 10.6. The minimum Gasteiger partial charge on any atom is -0.329 e. The summed E-state index contributed by atoms with van der Waals surface area (Å²) >= 11 is 5.78. The van der Waals surface area contributed by atoms with E-state index in [1.165, 1.54) is 30.3 Å². The van der Waals surface area contributed by atoms with Gasteiger partial charge in [0.25, 0.3) is 11.8 Å². The predicted molar refractivity (Wildman–Crippen MR) is 85.4 cm³/mol. The largest absolute Gasteiger partial charge is 0.343 e. The van der Waals surface area contributed by atoms with Crippen molar-refractivity contribution < 1.29 is 23.6 Å². The van der Waals surface area contributed by atoms with Crippen LogP contribution in [-0.2, 0) is 15.0 Å². The lowest BCUT2D eigenvalue weighted by Gasteiger charge is -2.19. The Bertz CT molecular complexity index is 903. The highest BCUT2D eigenvalue weighted by atomic mass is 35.5. The molecule has 2 aliphatic rings. The maximum Gasteiger partial charge on any atom is 0.343 e. The first kappa shape index (κ1) is 15.8. The van der Waals surface area contributed by atoms with Crippen molar-refractivity contribution in [1.29, 1.82) is 0 Å². The van der Waals surface area contributed by atoms with Crippen molar-refractivity contribution in [3.05, 3.63) is 70.0 Å². The van der Waals surface area contributed by atoms with Crippen LogP contribution >= 0.6 is 11.6 Å². The molecule has 0 saturated heterocycles. The maximum atomic E-state index is 14.3. The van der Waals surface area contributed by atoms with E-state index in [9.17, 15) is 18.8 Å². The predicted octanol–water partition coefficient (Wildman–Crippen LogP) is 3.27. The topological polar surface area (TPSA) is 63.7 Å². The molecule has 4 rings (SSSR count). The Hall–Kier alpha value is -2.73. The van der Waals surface area contributed by atoms with Crippen LogP contribution in [0.15, 0.2) is 42.5 Å². The number of halogens is 2. The van der Waals surface area contributed by atoms with Crippen molar-refractivity contribution in [3.8, 4) is 0 Å². The van der Waals surface area contributed by atoms with Crippen LogP contribution in [0.1, 0.15) is 39.1 Å². The zero-order valence-electron chi connectivity index (χ0n) is 12.8. The van der Waals surface area contributed by atoms with Crippen molar-refractivity contribution in [2.24, 2.45) is 0 Å². The number of carbonyl (C=O) groups excluding carboxylic acids is 3. The highest BCUT2D eigenvalue weighted by Crippen LogP contribution is 2.51.